The van der Waals surface area contributed by atoms with Gasteiger partial charge in [-0.1, -0.05) is 35.9 Å². The molecule has 1 atom stereocenters. The Morgan fingerprint density at radius 3 is 3.06 bits per heavy atom. The topological polar surface area (TPSA) is 34.9 Å². The highest BCUT2D eigenvalue weighted by Gasteiger charge is 2.25. The Morgan fingerprint density at radius 1 is 1.41 bits per heavy atom. The van der Waals surface area contributed by atoms with Crippen molar-refractivity contribution in [1.82, 2.24) is 9.55 Å². The lowest BCUT2D eigenvalue weighted by atomic mass is 9.77. The third-order valence-electron chi connectivity index (χ3n) is 3.25. The minimum Gasteiger partial charge on any atom is -0.311 e. The van der Waals surface area contributed by atoms with Crippen molar-refractivity contribution in [3.8, 4) is 0 Å². The van der Waals surface area contributed by atoms with E-state index >= 15 is 0 Å². The quantitative estimate of drug-likeness (QED) is 0.815. The average molecular weight is 247 g/mol. The Hall–Kier alpha value is -1.61. The Kier molecular flexibility index (Phi) is 2.48. The van der Waals surface area contributed by atoms with Crippen LogP contribution in [0.3, 0.4) is 0 Å². The molecule has 2 aromatic rings. The van der Waals surface area contributed by atoms with E-state index in [0.717, 1.165) is 6.42 Å². The highest BCUT2D eigenvalue weighted by molar-refractivity contribution is 6.29. The fourth-order valence-electron chi connectivity index (χ4n) is 2.33. The second-order valence-corrected chi connectivity index (χ2v) is 4.63. The first-order chi connectivity index (χ1) is 8.25. The van der Waals surface area contributed by atoms with Crippen molar-refractivity contribution in [3.05, 3.63) is 63.3 Å². The van der Waals surface area contributed by atoms with Crippen molar-refractivity contribution in [2.75, 3.05) is 0 Å². The standard InChI is InChI=1S/C13H11ClN2O/c14-12-13(17)16(6-5-15-12)8-10-7-9-3-1-2-4-11(9)10/h1-6,10H,7-8H2. The van der Waals surface area contributed by atoms with Crippen molar-refractivity contribution in [1.29, 1.82) is 0 Å². The van der Waals surface area contributed by atoms with Crippen LogP contribution in [0.4, 0.5) is 0 Å². The molecule has 1 aliphatic carbocycles. The van der Waals surface area contributed by atoms with E-state index in [9.17, 15) is 4.79 Å². The zero-order valence-electron chi connectivity index (χ0n) is 9.14. The summed E-state index contributed by atoms with van der Waals surface area (Å²) in [5.74, 6) is 0.419. The molecule has 0 N–H and O–H groups in total. The molecule has 1 aromatic heterocycles. The van der Waals surface area contributed by atoms with Crippen LogP contribution in [-0.4, -0.2) is 9.55 Å². The van der Waals surface area contributed by atoms with Crippen LogP contribution >= 0.6 is 11.6 Å². The van der Waals surface area contributed by atoms with Crippen LogP contribution < -0.4 is 5.56 Å². The van der Waals surface area contributed by atoms with Gasteiger partial charge < -0.3 is 4.57 Å². The molecule has 1 aromatic carbocycles. The monoisotopic (exact) mass is 246 g/mol. The number of benzene rings is 1. The number of halogens is 1. The Bertz CT molecular complexity index is 621. The third-order valence-corrected chi connectivity index (χ3v) is 3.51. The maximum absolute atomic E-state index is 11.7. The summed E-state index contributed by atoms with van der Waals surface area (Å²) in [5, 5.41) is 0.0418. The van der Waals surface area contributed by atoms with E-state index in [4.69, 9.17) is 11.6 Å². The summed E-state index contributed by atoms with van der Waals surface area (Å²) in [4.78, 5) is 15.5. The number of fused-ring (bicyclic) bond motifs is 1. The summed E-state index contributed by atoms with van der Waals surface area (Å²) in [7, 11) is 0. The Morgan fingerprint density at radius 2 is 2.24 bits per heavy atom. The highest BCUT2D eigenvalue weighted by atomic mass is 35.5. The van der Waals surface area contributed by atoms with Crippen LogP contribution in [-0.2, 0) is 13.0 Å². The summed E-state index contributed by atoms with van der Waals surface area (Å²) in [6.45, 7) is 0.679. The first-order valence-electron chi connectivity index (χ1n) is 5.54. The fourth-order valence-corrected chi connectivity index (χ4v) is 2.49. The second-order valence-electron chi connectivity index (χ2n) is 4.28. The van der Waals surface area contributed by atoms with Gasteiger partial charge >= 0.3 is 0 Å². The van der Waals surface area contributed by atoms with Crippen molar-refractivity contribution in [3.63, 3.8) is 0 Å². The number of hydrogen-bond donors (Lipinski definition) is 0. The summed E-state index contributed by atoms with van der Waals surface area (Å²) in [5.41, 5.74) is 2.51. The molecule has 3 nitrogen and oxygen atoms in total. The second kappa shape index (κ2) is 4.00. The van der Waals surface area contributed by atoms with Crippen molar-refractivity contribution >= 4 is 11.6 Å². The summed E-state index contributed by atoms with van der Waals surface area (Å²) in [6.07, 6.45) is 4.28. The van der Waals surface area contributed by atoms with Gasteiger partial charge in [0.2, 0.25) is 0 Å². The minimum atomic E-state index is -0.210. The van der Waals surface area contributed by atoms with Gasteiger partial charge in [-0.2, -0.15) is 0 Å². The van der Waals surface area contributed by atoms with E-state index in [1.807, 2.05) is 12.1 Å². The van der Waals surface area contributed by atoms with Gasteiger partial charge in [0.1, 0.15) is 0 Å². The van der Waals surface area contributed by atoms with E-state index in [1.165, 1.54) is 11.1 Å². The number of aromatic nitrogens is 2. The van der Waals surface area contributed by atoms with E-state index in [0.29, 0.717) is 12.5 Å². The van der Waals surface area contributed by atoms with Crippen molar-refractivity contribution in [2.45, 2.75) is 18.9 Å². The number of nitrogens with zero attached hydrogens (tertiary/aromatic N) is 2. The predicted molar refractivity (Wildman–Crippen MR) is 66.4 cm³/mol. The molecule has 0 saturated carbocycles. The lowest BCUT2D eigenvalue weighted by Gasteiger charge is -2.30. The predicted octanol–water partition coefficient (Wildman–Crippen LogP) is 2.24. The largest absolute Gasteiger partial charge is 0.311 e. The Balaban J connectivity index is 1.87. The van der Waals surface area contributed by atoms with Gasteiger partial charge in [-0.3, -0.25) is 4.79 Å². The van der Waals surface area contributed by atoms with E-state index in [1.54, 1.807) is 17.0 Å². The molecule has 0 bridgehead atoms. The van der Waals surface area contributed by atoms with Crippen LogP contribution in [0.1, 0.15) is 17.0 Å². The minimum absolute atomic E-state index is 0.0418. The zero-order chi connectivity index (χ0) is 11.8. The van der Waals surface area contributed by atoms with Crippen LogP contribution in [0.5, 0.6) is 0 Å². The molecule has 0 amide bonds. The SMILES string of the molecule is O=c1c(Cl)nccn1CC1Cc2ccccc21. The normalized spacial score (nSPS) is 17.4. The molecule has 0 fully saturated rings. The zero-order valence-corrected chi connectivity index (χ0v) is 9.89. The molecular formula is C13H11ClN2O. The van der Waals surface area contributed by atoms with Crippen LogP contribution in [0.25, 0.3) is 0 Å². The van der Waals surface area contributed by atoms with Gasteiger partial charge in [0.05, 0.1) is 0 Å². The molecule has 1 aliphatic rings. The van der Waals surface area contributed by atoms with Crippen LogP contribution in [0, 0.1) is 0 Å². The van der Waals surface area contributed by atoms with E-state index < -0.39 is 0 Å². The third kappa shape index (κ3) is 1.76. The molecule has 1 heterocycles. The first-order valence-corrected chi connectivity index (χ1v) is 5.92. The molecule has 0 radical (unpaired) electrons. The molecule has 0 spiro atoms. The molecular weight excluding hydrogens is 236 g/mol. The maximum atomic E-state index is 11.7. The van der Waals surface area contributed by atoms with Gasteiger partial charge in [-0.25, -0.2) is 4.98 Å². The van der Waals surface area contributed by atoms with Gasteiger partial charge in [0.15, 0.2) is 5.15 Å². The molecule has 1 unspecified atom stereocenters. The summed E-state index contributed by atoms with van der Waals surface area (Å²) < 4.78 is 1.63. The smallest absolute Gasteiger partial charge is 0.288 e. The van der Waals surface area contributed by atoms with Crippen molar-refractivity contribution in [2.24, 2.45) is 0 Å². The molecule has 0 aliphatic heterocycles. The number of hydrogen-bond acceptors (Lipinski definition) is 2. The van der Waals surface area contributed by atoms with Gasteiger partial charge in [-0.15, -0.1) is 0 Å². The summed E-state index contributed by atoms with van der Waals surface area (Å²) in [6, 6.07) is 8.34. The molecule has 0 saturated heterocycles. The van der Waals surface area contributed by atoms with Gasteiger partial charge in [-0.05, 0) is 17.5 Å². The highest BCUT2D eigenvalue weighted by Crippen LogP contribution is 2.35. The molecule has 17 heavy (non-hydrogen) atoms. The molecule has 4 heteroatoms. The average Bonchev–Trinajstić information content (AvgIpc) is 2.31. The molecule has 86 valence electrons. The maximum Gasteiger partial charge on any atom is 0.288 e. The van der Waals surface area contributed by atoms with Gasteiger partial charge in [0.25, 0.3) is 5.56 Å². The molecule has 3 rings (SSSR count). The Labute approximate surface area is 104 Å². The van der Waals surface area contributed by atoms with Crippen LogP contribution in [0.15, 0.2) is 41.5 Å². The summed E-state index contributed by atoms with van der Waals surface area (Å²) >= 11 is 5.71. The lowest BCUT2D eigenvalue weighted by molar-refractivity contribution is 0.497. The van der Waals surface area contributed by atoms with Gasteiger partial charge in [0, 0.05) is 24.9 Å². The lowest BCUT2D eigenvalue weighted by Crippen LogP contribution is -2.28. The van der Waals surface area contributed by atoms with E-state index in [2.05, 4.69) is 17.1 Å². The fraction of sp³-hybridized carbons (Fsp3) is 0.231. The first kappa shape index (κ1) is 10.5. The van der Waals surface area contributed by atoms with E-state index in [-0.39, 0.29) is 10.7 Å². The van der Waals surface area contributed by atoms with Crippen molar-refractivity contribution < 1.29 is 0 Å². The van der Waals surface area contributed by atoms with Crippen LogP contribution in [0.2, 0.25) is 5.15 Å². The number of rotatable bonds is 2.